The molecule has 0 unspecified atom stereocenters. The highest BCUT2D eigenvalue weighted by Crippen LogP contribution is 2.33. The van der Waals surface area contributed by atoms with Gasteiger partial charge in [0.25, 0.3) is 5.91 Å². The number of hydrogen-bond acceptors (Lipinski definition) is 4. The molecule has 1 aromatic heterocycles. The van der Waals surface area contributed by atoms with Crippen LogP contribution in [0.2, 0.25) is 10.0 Å². The van der Waals surface area contributed by atoms with Crippen molar-refractivity contribution < 1.29 is 14.3 Å². The molecule has 0 fully saturated rings. The molecular formula is C15H15Cl2N3O3. The molecule has 0 radical (unpaired) electrons. The number of amides is 1. The second-order valence-corrected chi connectivity index (χ2v) is 5.52. The summed E-state index contributed by atoms with van der Waals surface area (Å²) >= 11 is 12.2. The lowest BCUT2D eigenvalue weighted by Gasteiger charge is -2.11. The van der Waals surface area contributed by atoms with E-state index in [0.29, 0.717) is 16.9 Å². The van der Waals surface area contributed by atoms with Crippen LogP contribution in [0.3, 0.4) is 0 Å². The lowest BCUT2D eigenvalue weighted by Crippen LogP contribution is -2.13. The summed E-state index contributed by atoms with van der Waals surface area (Å²) in [5.74, 6) is -0.933. The van der Waals surface area contributed by atoms with Gasteiger partial charge in [-0.15, -0.1) is 0 Å². The fourth-order valence-corrected chi connectivity index (χ4v) is 2.48. The molecule has 1 aromatic carbocycles. The molecule has 2 aromatic rings. The van der Waals surface area contributed by atoms with Crippen LogP contribution in [0.1, 0.15) is 33.3 Å². The monoisotopic (exact) mass is 355 g/mol. The molecule has 122 valence electrons. The van der Waals surface area contributed by atoms with Gasteiger partial charge in [0, 0.05) is 13.2 Å². The third-order valence-electron chi connectivity index (χ3n) is 3.08. The number of nitrogens with zero attached hydrogens (tertiary/aromatic N) is 2. The minimum atomic E-state index is -0.569. The van der Waals surface area contributed by atoms with Crippen molar-refractivity contribution in [2.24, 2.45) is 7.05 Å². The second-order valence-electron chi connectivity index (χ2n) is 4.77. The first kappa shape index (κ1) is 17.3. The largest absolute Gasteiger partial charge is 0.462 e. The van der Waals surface area contributed by atoms with E-state index in [0.717, 1.165) is 0 Å². The number of rotatable bonds is 4. The van der Waals surface area contributed by atoms with Gasteiger partial charge in [-0.25, -0.2) is 4.79 Å². The highest BCUT2D eigenvalue weighted by Gasteiger charge is 2.19. The van der Waals surface area contributed by atoms with Crippen LogP contribution in [0, 0.1) is 6.92 Å². The number of benzene rings is 1. The van der Waals surface area contributed by atoms with Crippen LogP contribution < -0.4 is 5.32 Å². The average Bonchev–Trinajstić information content (AvgIpc) is 2.83. The number of ether oxygens (including phenoxy) is 1. The fourth-order valence-electron chi connectivity index (χ4n) is 2.02. The summed E-state index contributed by atoms with van der Waals surface area (Å²) in [6, 6.07) is 2.96. The Morgan fingerprint density at radius 1 is 1.26 bits per heavy atom. The lowest BCUT2D eigenvalue weighted by atomic mass is 10.2. The molecular weight excluding hydrogens is 341 g/mol. The summed E-state index contributed by atoms with van der Waals surface area (Å²) < 4.78 is 6.44. The van der Waals surface area contributed by atoms with Gasteiger partial charge in [-0.2, -0.15) is 5.10 Å². The second kappa shape index (κ2) is 7.02. The van der Waals surface area contributed by atoms with E-state index in [9.17, 15) is 9.59 Å². The first-order valence-corrected chi connectivity index (χ1v) is 7.57. The summed E-state index contributed by atoms with van der Waals surface area (Å²) in [5, 5.41) is 6.88. The number of aryl methyl sites for hydroxylation is 2. The summed E-state index contributed by atoms with van der Waals surface area (Å²) in [5.41, 5.74) is 1.47. The number of aromatic nitrogens is 2. The molecule has 1 N–H and O–H groups in total. The highest BCUT2D eigenvalue weighted by atomic mass is 35.5. The molecule has 0 aliphatic carbocycles. The van der Waals surface area contributed by atoms with E-state index in [4.69, 9.17) is 27.9 Å². The van der Waals surface area contributed by atoms with E-state index in [-0.39, 0.29) is 28.1 Å². The topological polar surface area (TPSA) is 73.2 Å². The Morgan fingerprint density at radius 2 is 1.96 bits per heavy atom. The predicted octanol–water partition coefficient (Wildman–Crippen LogP) is 3.46. The third kappa shape index (κ3) is 3.65. The van der Waals surface area contributed by atoms with Crippen LogP contribution in [0.15, 0.2) is 18.3 Å². The maximum atomic E-state index is 12.3. The van der Waals surface area contributed by atoms with Crippen molar-refractivity contribution >= 4 is 40.8 Å². The standard InChI is InChI=1S/C15H15Cl2N3O3/c1-4-23-15(22)9-5-6-11(13(17)12(9)16)18-14(21)10-7-20(3)19-8(10)2/h5-7H,4H2,1-3H3,(H,18,21). The van der Waals surface area contributed by atoms with Crippen LogP contribution >= 0.6 is 23.2 Å². The van der Waals surface area contributed by atoms with Crippen LogP contribution in [0.4, 0.5) is 5.69 Å². The number of carbonyl (C=O) groups excluding carboxylic acids is 2. The van der Waals surface area contributed by atoms with Gasteiger partial charge in [0.15, 0.2) is 0 Å². The third-order valence-corrected chi connectivity index (χ3v) is 3.97. The number of esters is 1. The Morgan fingerprint density at radius 3 is 2.52 bits per heavy atom. The quantitative estimate of drug-likeness (QED) is 0.852. The summed E-state index contributed by atoms with van der Waals surface area (Å²) in [6.45, 7) is 3.65. The molecule has 1 heterocycles. The van der Waals surface area contributed by atoms with Gasteiger partial charge in [-0.1, -0.05) is 23.2 Å². The van der Waals surface area contributed by atoms with Gasteiger partial charge in [-0.05, 0) is 26.0 Å². The van der Waals surface area contributed by atoms with E-state index in [1.54, 1.807) is 31.8 Å². The molecule has 1 amide bonds. The van der Waals surface area contributed by atoms with Gasteiger partial charge < -0.3 is 10.1 Å². The van der Waals surface area contributed by atoms with Crippen molar-refractivity contribution in [1.82, 2.24) is 9.78 Å². The van der Waals surface area contributed by atoms with Crippen molar-refractivity contribution in [3.63, 3.8) is 0 Å². The van der Waals surface area contributed by atoms with E-state index >= 15 is 0 Å². The smallest absolute Gasteiger partial charge is 0.339 e. The number of carbonyl (C=O) groups is 2. The Hall–Kier alpha value is -2.05. The molecule has 0 spiro atoms. The Labute approximate surface area is 143 Å². The minimum absolute atomic E-state index is 0.0332. The van der Waals surface area contributed by atoms with E-state index in [1.807, 2.05) is 0 Å². The molecule has 0 bridgehead atoms. The average molecular weight is 356 g/mol. The molecule has 0 saturated carbocycles. The van der Waals surface area contributed by atoms with Crippen LogP contribution in [0.5, 0.6) is 0 Å². The zero-order valence-corrected chi connectivity index (χ0v) is 14.3. The van der Waals surface area contributed by atoms with Crippen molar-refractivity contribution in [1.29, 1.82) is 0 Å². The minimum Gasteiger partial charge on any atom is -0.462 e. The summed E-state index contributed by atoms with van der Waals surface area (Å²) in [6.07, 6.45) is 1.60. The summed E-state index contributed by atoms with van der Waals surface area (Å²) in [4.78, 5) is 24.0. The number of anilines is 1. The molecule has 0 atom stereocenters. The normalized spacial score (nSPS) is 10.5. The van der Waals surface area contributed by atoms with Crippen molar-refractivity contribution in [2.45, 2.75) is 13.8 Å². The van der Waals surface area contributed by atoms with E-state index in [2.05, 4.69) is 10.4 Å². The van der Waals surface area contributed by atoms with E-state index in [1.165, 1.54) is 12.1 Å². The Kier molecular flexibility index (Phi) is 5.28. The molecule has 8 heteroatoms. The molecule has 0 saturated heterocycles. The highest BCUT2D eigenvalue weighted by molar-refractivity contribution is 6.45. The molecule has 0 aliphatic rings. The van der Waals surface area contributed by atoms with Crippen molar-refractivity contribution in [3.05, 3.63) is 45.2 Å². The fraction of sp³-hybridized carbons (Fsp3) is 0.267. The zero-order chi connectivity index (χ0) is 17.1. The lowest BCUT2D eigenvalue weighted by molar-refractivity contribution is 0.0526. The molecule has 2 rings (SSSR count). The van der Waals surface area contributed by atoms with Gasteiger partial charge in [-0.3, -0.25) is 9.48 Å². The van der Waals surface area contributed by atoms with Crippen LogP contribution in [-0.4, -0.2) is 28.3 Å². The van der Waals surface area contributed by atoms with E-state index < -0.39 is 5.97 Å². The molecule has 23 heavy (non-hydrogen) atoms. The molecule has 0 aliphatic heterocycles. The Bertz CT molecular complexity index is 772. The zero-order valence-electron chi connectivity index (χ0n) is 12.8. The summed E-state index contributed by atoms with van der Waals surface area (Å²) in [7, 11) is 1.72. The SMILES string of the molecule is CCOC(=O)c1ccc(NC(=O)c2cn(C)nc2C)c(Cl)c1Cl. The maximum absolute atomic E-state index is 12.3. The maximum Gasteiger partial charge on any atom is 0.339 e. The van der Waals surface area contributed by atoms with Crippen LogP contribution in [0.25, 0.3) is 0 Å². The first-order chi connectivity index (χ1) is 10.8. The number of halogens is 2. The van der Waals surface area contributed by atoms with Gasteiger partial charge >= 0.3 is 5.97 Å². The van der Waals surface area contributed by atoms with Crippen molar-refractivity contribution in [2.75, 3.05) is 11.9 Å². The number of nitrogens with one attached hydrogen (secondary N) is 1. The van der Waals surface area contributed by atoms with Gasteiger partial charge in [0.05, 0.1) is 39.2 Å². The predicted molar refractivity (Wildman–Crippen MR) is 88.3 cm³/mol. The van der Waals surface area contributed by atoms with Gasteiger partial charge in [0.1, 0.15) is 0 Å². The first-order valence-electron chi connectivity index (χ1n) is 6.81. The van der Waals surface area contributed by atoms with Crippen molar-refractivity contribution in [3.8, 4) is 0 Å². The van der Waals surface area contributed by atoms with Crippen LogP contribution in [-0.2, 0) is 11.8 Å². The number of hydrogen-bond donors (Lipinski definition) is 1. The Balaban J connectivity index is 2.28. The van der Waals surface area contributed by atoms with Gasteiger partial charge in [0.2, 0.25) is 0 Å². The molecule has 6 nitrogen and oxygen atoms in total.